The summed E-state index contributed by atoms with van der Waals surface area (Å²) in [6, 6.07) is 60.0. The Morgan fingerprint density at radius 2 is 1.17 bits per heavy atom. The lowest BCUT2D eigenvalue weighted by molar-refractivity contribution is 0.664. The van der Waals surface area contributed by atoms with E-state index in [9.17, 15) is 5.26 Å². The van der Waals surface area contributed by atoms with E-state index in [1.165, 1.54) is 48.6 Å². The summed E-state index contributed by atoms with van der Waals surface area (Å²) in [5.41, 5.74) is 13.7. The second-order valence-corrected chi connectivity index (χ2v) is 16.4. The first-order valence-corrected chi connectivity index (χ1v) is 20.8. The van der Waals surface area contributed by atoms with E-state index in [2.05, 4.69) is 114 Å². The normalized spacial score (nSPS) is 14.6. The van der Waals surface area contributed by atoms with E-state index in [4.69, 9.17) is 15.0 Å². The van der Waals surface area contributed by atoms with E-state index in [0.717, 1.165) is 51.6 Å². The first-order chi connectivity index (χ1) is 29.2. The number of para-hydroxylation sites is 1. The third-order valence-corrected chi connectivity index (χ3v) is 13.4. The molecule has 7 aromatic carbocycles. The van der Waals surface area contributed by atoms with Crippen LogP contribution in [0.4, 0.5) is 0 Å². The summed E-state index contributed by atoms with van der Waals surface area (Å²) in [6.45, 7) is 0. The van der Waals surface area contributed by atoms with Crippen molar-refractivity contribution in [1.82, 2.24) is 19.5 Å². The maximum atomic E-state index is 11.0. The molecule has 0 saturated carbocycles. The fraction of sp³-hybridized carbons (Fsp3) is 0.0566. The van der Waals surface area contributed by atoms with Gasteiger partial charge >= 0.3 is 0 Å². The smallest absolute Gasteiger partial charge is 0.164 e. The van der Waals surface area contributed by atoms with E-state index in [-0.39, 0.29) is 0 Å². The van der Waals surface area contributed by atoms with Crippen molar-refractivity contribution in [3.8, 4) is 45.9 Å². The van der Waals surface area contributed by atoms with Gasteiger partial charge in [-0.25, -0.2) is 15.0 Å². The van der Waals surface area contributed by atoms with Crippen molar-refractivity contribution in [1.29, 1.82) is 5.26 Å². The summed E-state index contributed by atoms with van der Waals surface area (Å²) in [5.74, 6) is 1.68. The number of fused-ring (bicyclic) bond motifs is 11. The molecule has 0 fully saturated rings. The summed E-state index contributed by atoms with van der Waals surface area (Å²) in [4.78, 5) is 17.4. The highest BCUT2D eigenvalue weighted by Crippen LogP contribution is 2.63. The van der Waals surface area contributed by atoms with Gasteiger partial charge in [0.2, 0.25) is 0 Å². The third kappa shape index (κ3) is 4.95. The number of allylic oxidation sites excluding steroid dienone is 4. The molecule has 6 heteroatoms. The summed E-state index contributed by atoms with van der Waals surface area (Å²) in [6.07, 6.45) is 6.71. The first-order valence-electron chi connectivity index (χ1n) is 20.0. The monoisotopic (exact) mass is 771 g/mol. The molecule has 59 heavy (non-hydrogen) atoms. The molecule has 0 N–H and O–H groups in total. The van der Waals surface area contributed by atoms with Crippen LogP contribution >= 0.6 is 11.8 Å². The van der Waals surface area contributed by atoms with Crippen LogP contribution in [0.2, 0.25) is 0 Å². The summed E-state index contributed by atoms with van der Waals surface area (Å²) in [7, 11) is 0. The minimum atomic E-state index is -0.434. The zero-order valence-corrected chi connectivity index (χ0v) is 32.6. The molecule has 276 valence electrons. The Bertz CT molecular complexity index is 3210. The van der Waals surface area contributed by atoms with Crippen molar-refractivity contribution in [2.45, 2.75) is 28.0 Å². The lowest BCUT2D eigenvalue weighted by Gasteiger charge is -2.41. The van der Waals surface area contributed by atoms with Crippen LogP contribution in [0.3, 0.4) is 0 Å². The maximum absolute atomic E-state index is 11.0. The number of aromatic nitrogens is 4. The Morgan fingerprint density at radius 1 is 0.559 bits per heavy atom. The van der Waals surface area contributed by atoms with Gasteiger partial charge in [-0.2, -0.15) is 5.26 Å². The van der Waals surface area contributed by atoms with Gasteiger partial charge in [0.05, 0.1) is 27.7 Å². The molecule has 9 aromatic rings. The zero-order chi connectivity index (χ0) is 39.1. The fourth-order valence-corrected chi connectivity index (χ4v) is 11.0. The quantitative estimate of drug-likeness (QED) is 0.178. The largest absolute Gasteiger partial charge is 0.308 e. The second-order valence-electron chi connectivity index (χ2n) is 15.3. The minimum absolute atomic E-state index is 0.434. The Hall–Kier alpha value is -7.33. The van der Waals surface area contributed by atoms with Gasteiger partial charge in [-0.1, -0.05) is 139 Å². The lowest BCUT2D eigenvalue weighted by atomic mass is 9.65. The SMILES string of the molecule is N#Cc1cc(-c2nc(-c3ccccc3)nc(-c3ccccc3)n2)ccc1-n1c2ccccc2c2cc3c(cc21)C1(C2=C3C=CCC2)c2ccccc2Sc2ccccc21. The molecule has 0 saturated heterocycles. The van der Waals surface area contributed by atoms with Gasteiger partial charge in [0, 0.05) is 37.3 Å². The van der Waals surface area contributed by atoms with Crippen molar-refractivity contribution in [3.63, 3.8) is 0 Å². The standard InChI is InChI=1S/C53H33N5S/c54-32-36-29-35(52-56-50(33-15-3-1-4-16-33)55-51(57-52)34-17-5-2-6-18-34)27-28-45(36)58-46-24-12-8-20-38(46)40-30-39-37-19-7-9-21-41(37)53(44(39)31-47(40)58)42-22-10-13-25-48(42)59-49-26-14-11-23-43(49)53/h1-8,10-20,22-31H,9,21H2. The summed E-state index contributed by atoms with van der Waals surface area (Å²) >= 11 is 1.87. The van der Waals surface area contributed by atoms with Crippen LogP contribution in [0.25, 0.3) is 67.2 Å². The Labute approximate surface area is 345 Å². The zero-order valence-electron chi connectivity index (χ0n) is 31.8. The molecule has 12 rings (SSSR count). The average molecular weight is 772 g/mol. The molecule has 2 aliphatic carbocycles. The summed E-state index contributed by atoms with van der Waals surface area (Å²) in [5, 5.41) is 13.3. The van der Waals surface area contributed by atoms with Crippen LogP contribution in [0.5, 0.6) is 0 Å². The highest BCUT2D eigenvalue weighted by atomic mass is 32.2. The highest BCUT2D eigenvalue weighted by Gasteiger charge is 2.51. The van der Waals surface area contributed by atoms with E-state index in [1.807, 2.05) is 84.6 Å². The number of nitrogens with zero attached hydrogens (tertiary/aromatic N) is 5. The van der Waals surface area contributed by atoms with E-state index >= 15 is 0 Å². The van der Waals surface area contributed by atoms with Crippen molar-refractivity contribution in [2.75, 3.05) is 0 Å². The van der Waals surface area contributed by atoms with Crippen molar-refractivity contribution < 1.29 is 0 Å². The molecular formula is C53H33N5S. The van der Waals surface area contributed by atoms with E-state index in [1.54, 1.807) is 0 Å². The Morgan fingerprint density at radius 3 is 1.85 bits per heavy atom. The minimum Gasteiger partial charge on any atom is -0.308 e. The lowest BCUT2D eigenvalue weighted by Crippen LogP contribution is -2.33. The van der Waals surface area contributed by atoms with Crippen LogP contribution < -0.4 is 0 Å². The molecule has 3 aliphatic rings. The van der Waals surface area contributed by atoms with Gasteiger partial charge < -0.3 is 4.57 Å². The number of nitriles is 1. The molecule has 0 radical (unpaired) electrons. The van der Waals surface area contributed by atoms with Crippen LogP contribution in [0.15, 0.2) is 191 Å². The molecule has 3 heterocycles. The molecular weight excluding hydrogens is 739 g/mol. The van der Waals surface area contributed by atoms with E-state index in [0.29, 0.717) is 23.0 Å². The third-order valence-electron chi connectivity index (χ3n) is 12.2. The second kappa shape index (κ2) is 13.1. The molecule has 2 aromatic heterocycles. The van der Waals surface area contributed by atoms with Gasteiger partial charge in [-0.3, -0.25) is 0 Å². The molecule has 5 nitrogen and oxygen atoms in total. The van der Waals surface area contributed by atoms with Gasteiger partial charge in [0.1, 0.15) is 6.07 Å². The van der Waals surface area contributed by atoms with Crippen LogP contribution in [0, 0.1) is 11.3 Å². The van der Waals surface area contributed by atoms with Crippen molar-refractivity contribution in [3.05, 3.63) is 209 Å². The summed E-state index contributed by atoms with van der Waals surface area (Å²) < 4.78 is 2.29. The Balaban J connectivity index is 1.10. The predicted molar refractivity (Wildman–Crippen MR) is 237 cm³/mol. The van der Waals surface area contributed by atoms with Crippen molar-refractivity contribution >= 4 is 39.1 Å². The molecule has 1 aliphatic heterocycles. The van der Waals surface area contributed by atoms with Gasteiger partial charge in [-0.05, 0) is 94.8 Å². The van der Waals surface area contributed by atoms with Crippen LogP contribution in [0.1, 0.15) is 40.7 Å². The molecule has 0 bridgehead atoms. The van der Waals surface area contributed by atoms with Crippen molar-refractivity contribution in [2.24, 2.45) is 0 Å². The number of hydrogen-bond donors (Lipinski definition) is 0. The topological polar surface area (TPSA) is 67.4 Å². The Kier molecular flexibility index (Phi) is 7.50. The number of rotatable bonds is 4. The molecule has 0 amide bonds. The number of hydrogen-bond acceptors (Lipinski definition) is 5. The van der Waals surface area contributed by atoms with Gasteiger partial charge in [0.25, 0.3) is 0 Å². The average Bonchev–Trinajstić information content (AvgIpc) is 3.78. The van der Waals surface area contributed by atoms with Gasteiger partial charge in [-0.15, -0.1) is 0 Å². The fourth-order valence-electron chi connectivity index (χ4n) is 9.78. The predicted octanol–water partition coefficient (Wildman–Crippen LogP) is 12.8. The van der Waals surface area contributed by atoms with Crippen LogP contribution in [-0.2, 0) is 5.41 Å². The van der Waals surface area contributed by atoms with E-state index < -0.39 is 5.41 Å². The molecule has 0 unspecified atom stereocenters. The maximum Gasteiger partial charge on any atom is 0.164 e. The van der Waals surface area contributed by atoms with Crippen LogP contribution in [-0.4, -0.2) is 19.5 Å². The highest BCUT2D eigenvalue weighted by molar-refractivity contribution is 7.99. The number of benzene rings is 7. The molecule has 0 atom stereocenters. The first kappa shape index (κ1) is 33.8. The molecule has 1 spiro atoms. The van der Waals surface area contributed by atoms with Gasteiger partial charge in [0.15, 0.2) is 17.5 Å².